The molecule has 0 saturated heterocycles. The number of ether oxygens (including phenoxy) is 1. The fraction of sp³-hybridized carbons (Fsp3) is 0.125. The summed E-state index contributed by atoms with van der Waals surface area (Å²) in [6.07, 6.45) is 0. The van der Waals surface area contributed by atoms with E-state index in [1.807, 2.05) is 0 Å². The monoisotopic (exact) mass is 168 g/mol. The molecule has 0 atom stereocenters. The van der Waals surface area contributed by atoms with Gasteiger partial charge >= 0.3 is 5.97 Å². The van der Waals surface area contributed by atoms with Gasteiger partial charge in [-0.2, -0.15) is 0 Å². The Labute approximate surface area is 69.0 Å². The third-order valence-electron chi connectivity index (χ3n) is 1.18. The maximum atomic E-state index is 10.5. The van der Waals surface area contributed by atoms with Crippen molar-refractivity contribution in [3.05, 3.63) is 24.3 Å². The van der Waals surface area contributed by atoms with Crippen molar-refractivity contribution in [2.45, 2.75) is 0 Å². The van der Waals surface area contributed by atoms with E-state index in [1.165, 1.54) is 24.3 Å². The summed E-state index contributed by atoms with van der Waals surface area (Å²) in [5, 5.41) is 17.3. The Hall–Kier alpha value is -1.55. The van der Waals surface area contributed by atoms with Gasteiger partial charge in [0.1, 0.15) is 18.1 Å². The molecule has 4 nitrogen and oxygen atoms in total. The van der Waals surface area contributed by atoms with Crippen LogP contribution in [0.25, 0.3) is 0 Å². The van der Waals surface area contributed by atoms with Crippen molar-refractivity contribution in [3.8, 4) is 11.5 Å². The second-order valence-electron chi connectivity index (χ2n) is 2.13. The number of rotatable bonds is 2. The molecule has 0 bridgehead atoms. The molecule has 2 N–H and O–H groups in total. The lowest BCUT2D eigenvalue weighted by molar-refractivity contribution is -0.137. The maximum Gasteiger partial charge on any atom is 0.337 e. The van der Waals surface area contributed by atoms with Crippen molar-refractivity contribution < 1.29 is 19.7 Å². The highest BCUT2D eigenvalue weighted by Crippen LogP contribution is 2.17. The molecule has 0 aromatic heterocycles. The first-order valence-corrected chi connectivity index (χ1v) is 3.33. The standard InChI is InChI=1S/C8H8O4/c9-5-8(11)12-7-3-1-2-6(10)4-7/h1-4,9-10H,5H2. The molecule has 0 radical (unpaired) electrons. The largest absolute Gasteiger partial charge is 0.508 e. The molecule has 4 heteroatoms. The van der Waals surface area contributed by atoms with Gasteiger partial charge in [0.25, 0.3) is 0 Å². The molecule has 0 amide bonds. The van der Waals surface area contributed by atoms with Crippen LogP contribution in [-0.4, -0.2) is 22.8 Å². The van der Waals surface area contributed by atoms with E-state index >= 15 is 0 Å². The summed E-state index contributed by atoms with van der Waals surface area (Å²) in [6, 6.07) is 5.78. The molecule has 1 rings (SSSR count). The normalized spacial score (nSPS) is 9.42. The predicted octanol–water partition coefficient (Wildman–Crippen LogP) is 0.290. The van der Waals surface area contributed by atoms with E-state index in [4.69, 9.17) is 10.2 Å². The number of benzene rings is 1. The second-order valence-corrected chi connectivity index (χ2v) is 2.13. The Morgan fingerprint density at radius 2 is 2.25 bits per heavy atom. The first kappa shape index (κ1) is 8.55. The number of phenols is 1. The van der Waals surface area contributed by atoms with E-state index in [1.54, 1.807) is 0 Å². The summed E-state index contributed by atoms with van der Waals surface area (Å²) in [6.45, 7) is -0.671. The molecule has 64 valence electrons. The highest BCUT2D eigenvalue weighted by molar-refractivity contribution is 5.73. The molecular formula is C8H8O4. The molecule has 1 aromatic carbocycles. The topological polar surface area (TPSA) is 66.8 Å². The number of carbonyl (C=O) groups excluding carboxylic acids is 1. The van der Waals surface area contributed by atoms with E-state index < -0.39 is 12.6 Å². The summed E-state index contributed by atoms with van der Waals surface area (Å²) in [5.41, 5.74) is 0. The van der Waals surface area contributed by atoms with Crippen LogP contribution in [0.1, 0.15) is 0 Å². The number of phenolic OH excluding ortho intramolecular Hbond substituents is 1. The van der Waals surface area contributed by atoms with Crippen LogP contribution in [-0.2, 0) is 4.79 Å². The van der Waals surface area contributed by atoms with Crippen LogP contribution in [0.3, 0.4) is 0 Å². The fourth-order valence-corrected chi connectivity index (χ4v) is 0.711. The van der Waals surface area contributed by atoms with E-state index in [0.717, 1.165) is 0 Å². The van der Waals surface area contributed by atoms with Crippen molar-refractivity contribution in [3.63, 3.8) is 0 Å². The van der Waals surface area contributed by atoms with Gasteiger partial charge in [-0.05, 0) is 12.1 Å². The van der Waals surface area contributed by atoms with Gasteiger partial charge in [-0.3, -0.25) is 0 Å². The van der Waals surface area contributed by atoms with Crippen LogP contribution in [0, 0.1) is 0 Å². The van der Waals surface area contributed by atoms with Crippen molar-refractivity contribution >= 4 is 5.97 Å². The number of aromatic hydroxyl groups is 1. The number of esters is 1. The summed E-state index contributed by atoms with van der Waals surface area (Å²) >= 11 is 0. The van der Waals surface area contributed by atoms with Gasteiger partial charge < -0.3 is 14.9 Å². The van der Waals surface area contributed by atoms with Gasteiger partial charge in [-0.1, -0.05) is 6.07 Å². The number of aliphatic hydroxyl groups is 1. The summed E-state index contributed by atoms with van der Waals surface area (Å²) in [7, 11) is 0. The van der Waals surface area contributed by atoms with Gasteiger partial charge in [-0.15, -0.1) is 0 Å². The third kappa shape index (κ3) is 2.25. The molecule has 1 aromatic rings. The minimum absolute atomic E-state index is 0.0123. The first-order valence-electron chi connectivity index (χ1n) is 3.33. The number of hydrogen-bond acceptors (Lipinski definition) is 4. The van der Waals surface area contributed by atoms with Crippen molar-refractivity contribution in [2.24, 2.45) is 0 Å². The van der Waals surface area contributed by atoms with Crippen LogP contribution in [0.5, 0.6) is 11.5 Å². The maximum absolute atomic E-state index is 10.5. The number of aliphatic hydroxyl groups excluding tert-OH is 1. The average Bonchev–Trinajstić information content (AvgIpc) is 2.04. The minimum atomic E-state index is -0.749. The molecule has 12 heavy (non-hydrogen) atoms. The first-order chi connectivity index (χ1) is 5.72. The summed E-state index contributed by atoms with van der Waals surface area (Å²) < 4.78 is 4.60. The van der Waals surface area contributed by atoms with Crippen LogP contribution in [0.4, 0.5) is 0 Å². The molecule has 0 unspecified atom stereocenters. The molecule has 0 aliphatic heterocycles. The van der Waals surface area contributed by atoms with Gasteiger partial charge in [0, 0.05) is 6.07 Å². The average molecular weight is 168 g/mol. The lowest BCUT2D eigenvalue weighted by Crippen LogP contribution is -2.11. The van der Waals surface area contributed by atoms with E-state index in [0.29, 0.717) is 0 Å². The van der Waals surface area contributed by atoms with Crippen LogP contribution >= 0.6 is 0 Å². The van der Waals surface area contributed by atoms with Crippen molar-refractivity contribution in [1.82, 2.24) is 0 Å². The zero-order chi connectivity index (χ0) is 8.97. The fourth-order valence-electron chi connectivity index (χ4n) is 0.711. The van der Waals surface area contributed by atoms with Crippen LogP contribution in [0.2, 0.25) is 0 Å². The Morgan fingerprint density at radius 3 is 2.83 bits per heavy atom. The lowest BCUT2D eigenvalue weighted by Gasteiger charge is -2.01. The Bertz CT molecular complexity index is 282. The van der Waals surface area contributed by atoms with Crippen molar-refractivity contribution in [2.75, 3.05) is 6.61 Å². The molecule has 0 saturated carbocycles. The highest BCUT2D eigenvalue weighted by Gasteiger charge is 2.01. The minimum Gasteiger partial charge on any atom is -0.508 e. The third-order valence-corrected chi connectivity index (χ3v) is 1.18. The number of hydrogen-bond donors (Lipinski definition) is 2. The zero-order valence-corrected chi connectivity index (χ0v) is 6.23. The summed E-state index contributed by atoms with van der Waals surface area (Å²) in [5.74, 6) is -0.520. The van der Waals surface area contributed by atoms with Gasteiger partial charge in [0.05, 0.1) is 0 Å². The Balaban J connectivity index is 2.69. The molecule has 0 fully saturated rings. The van der Waals surface area contributed by atoms with Gasteiger partial charge in [-0.25, -0.2) is 4.79 Å². The molecule has 0 spiro atoms. The molecule has 0 aliphatic carbocycles. The molecular weight excluding hydrogens is 160 g/mol. The predicted molar refractivity (Wildman–Crippen MR) is 40.8 cm³/mol. The van der Waals surface area contributed by atoms with E-state index in [9.17, 15) is 4.79 Å². The quantitative estimate of drug-likeness (QED) is 0.492. The van der Waals surface area contributed by atoms with E-state index in [-0.39, 0.29) is 11.5 Å². The van der Waals surface area contributed by atoms with Crippen molar-refractivity contribution in [1.29, 1.82) is 0 Å². The smallest absolute Gasteiger partial charge is 0.337 e. The Morgan fingerprint density at radius 1 is 1.50 bits per heavy atom. The second kappa shape index (κ2) is 3.73. The van der Waals surface area contributed by atoms with Gasteiger partial charge in [0.2, 0.25) is 0 Å². The SMILES string of the molecule is O=C(CO)Oc1cccc(O)c1. The lowest BCUT2D eigenvalue weighted by atomic mass is 10.3. The van der Waals surface area contributed by atoms with Crippen LogP contribution < -0.4 is 4.74 Å². The van der Waals surface area contributed by atoms with E-state index in [2.05, 4.69) is 4.74 Å². The Kier molecular flexibility index (Phi) is 2.66. The zero-order valence-electron chi connectivity index (χ0n) is 6.23. The molecule has 0 heterocycles. The van der Waals surface area contributed by atoms with Gasteiger partial charge in [0.15, 0.2) is 0 Å². The summed E-state index contributed by atoms with van der Waals surface area (Å²) in [4.78, 5) is 10.5. The number of carbonyl (C=O) groups is 1. The highest BCUT2D eigenvalue weighted by atomic mass is 16.5. The van der Waals surface area contributed by atoms with Crippen LogP contribution in [0.15, 0.2) is 24.3 Å². The molecule has 0 aliphatic rings.